The second kappa shape index (κ2) is 3.55. The van der Waals surface area contributed by atoms with Gasteiger partial charge in [-0.2, -0.15) is 0 Å². The van der Waals surface area contributed by atoms with Crippen molar-refractivity contribution in [3.05, 3.63) is 0 Å². The minimum absolute atomic E-state index is 0.366. The van der Waals surface area contributed by atoms with Crippen LogP contribution in [0.15, 0.2) is 0 Å². The van der Waals surface area contributed by atoms with E-state index in [-0.39, 0.29) is 0 Å². The maximum Gasteiger partial charge on any atom is 0.0698 e. The maximum absolute atomic E-state index is 5.60. The molecule has 0 spiro atoms. The second-order valence-electron chi connectivity index (χ2n) is 3.84. The van der Waals surface area contributed by atoms with Crippen LogP contribution in [0.25, 0.3) is 0 Å². The third kappa shape index (κ3) is 2.17. The average Bonchev–Trinajstić information content (AvgIpc) is 1.94. The average molecular weight is 157 g/mol. The zero-order valence-corrected chi connectivity index (χ0v) is 7.92. The van der Waals surface area contributed by atoms with E-state index in [2.05, 4.69) is 33.0 Å². The van der Waals surface area contributed by atoms with Gasteiger partial charge in [0.2, 0.25) is 0 Å². The van der Waals surface area contributed by atoms with Crippen molar-refractivity contribution >= 4 is 0 Å². The van der Waals surface area contributed by atoms with Crippen LogP contribution in [-0.2, 0) is 4.74 Å². The van der Waals surface area contributed by atoms with Gasteiger partial charge in [0, 0.05) is 12.1 Å². The van der Waals surface area contributed by atoms with Gasteiger partial charge < -0.3 is 10.1 Å². The van der Waals surface area contributed by atoms with Gasteiger partial charge in [-0.25, -0.2) is 0 Å². The summed E-state index contributed by atoms with van der Waals surface area (Å²) >= 11 is 0. The third-order valence-corrected chi connectivity index (χ3v) is 2.52. The monoisotopic (exact) mass is 157 g/mol. The van der Waals surface area contributed by atoms with E-state index in [1.54, 1.807) is 0 Å². The Bertz CT molecular complexity index is 125. The molecule has 0 aromatic rings. The van der Waals surface area contributed by atoms with Crippen LogP contribution in [0.2, 0.25) is 0 Å². The molecule has 1 aliphatic rings. The zero-order chi connectivity index (χ0) is 8.43. The van der Waals surface area contributed by atoms with Crippen molar-refractivity contribution in [2.24, 2.45) is 5.92 Å². The summed E-state index contributed by atoms with van der Waals surface area (Å²) in [6, 6.07) is 1.04. The van der Waals surface area contributed by atoms with Gasteiger partial charge in [0.1, 0.15) is 0 Å². The summed E-state index contributed by atoms with van der Waals surface area (Å²) < 4.78 is 5.60. The largest absolute Gasteiger partial charge is 0.375 e. The number of ether oxygens (including phenoxy) is 1. The molecule has 0 radical (unpaired) electrons. The highest BCUT2D eigenvalue weighted by Gasteiger charge is 2.25. The molecule has 0 bridgehead atoms. The summed E-state index contributed by atoms with van der Waals surface area (Å²) in [6.07, 6.45) is 0.366. The summed E-state index contributed by atoms with van der Waals surface area (Å²) in [5.74, 6) is 0.671. The highest BCUT2D eigenvalue weighted by Crippen LogP contribution is 2.12. The summed E-state index contributed by atoms with van der Waals surface area (Å²) in [7, 11) is 0. The molecule has 0 aliphatic carbocycles. The molecule has 2 heteroatoms. The van der Waals surface area contributed by atoms with Gasteiger partial charge in [-0.1, -0.05) is 13.8 Å². The molecular weight excluding hydrogens is 138 g/mol. The quantitative estimate of drug-likeness (QED) is 0.621. The molecule has 1 heterocycles. The van der Waals surface area contributed by atoms with Crippen LogP contribution in [0.3, 0.4) is 0 Å². The van der Waals surface area contributed by atoms with Crippen molar-refractivity contribution in [2.75, 3.05) is 6.61 Å². The van der Waals surface area contributed by atoms with E-state index in [0.29, 0.717) is 24.1 Å². The lowest BCUT2D eigenvalue weighted by molar-refractivity contribution is -0.0216. The van der Waals surface area contributed by atoms with Crippen LogP contribution in [-0.4, -0.2) is 24.8 Å². The Labute approximate surface area is 69.3 Å². The first kappa shape index (κ1) is 9.01. The van der Waals surface area contributed by atoms with Gasteiger partial charge in [-0.3, -0.25) is 0 Å². The van der Waals surface area contributed by atoms with Crippen LogP contribution in [0, 0.1) is 5.92 Å². The molecule has 0 aromatic heterocycles. The third-order valence-electron chi connectivity index (χ3n) is 2.52. The Kier molecular flexibility index (Phi) is 2.90. The van der Waals surface area contributed by atoms with Crippen LogP contribution in [0.5, 0.6) is 0 Å². The van der Waals surface area contributed by atoms with Crippen molar-refractivity contribution in [1.29, 1.82) is 0 Å². The molecule has 1 rings (SSSR count). The topological polar surface area (TPSA) is 21.3 Å². The second-order valence-corrected chi connectivity index (χ2v) is 3.84. The van der Waals surface area contributed by atoms with Crippen molar-refractivity contribution in [1.82, 2.24) is 5.32 Å². The van der Waals surface area contributed by atoms with Crippen LogP contribution >= 0.6 is 0 Å². The lowest BCUT2D eigenvalue weighted by Gasteiger charge is -2.35. The fraction of sp³-hybridized carbons (Fsp3) is 1.00. The predicted molar refractivity (Wildman–Crippen MR) is 46.6 cm³/mol. The summed E-state index contributed by atoms with van der Waals surface area (Å²) in [6.45, 7) is 9.62. The molecule has 2 nitrogen and oxygen atoms in total. The molecule has 66 valence electrons. The number of hydrogen-bond acceptors (Lipinski definition) is 2. The molecule has 0 aromatic carbocycles. The molecule has 0 saturated carbocycles. The smallest absolute Gasteiger partial charge is 0.0698 e. The molecule has 3 atom stereocenters. The highest BCUT2D eigenvalue weighted by molar-refractivity contribution is 4.82. The molecule has 3 unspecified atom stereocenters. The SMILES string of the molecule is CC(C)C1COC(C)C(C)N1. The van der Waals surface area contributed by atoms with Gasteiger partial charge in [0.05, 0.1) is 12.7 Å². The van der Waals surface area contributed by atoms with Crippen LogP contribution in [0.1, 0.15) is 27.7 Å². The lowest BCUT2D eigenvalue weighted by Crippen LogP contribution is -2.53. The van der Waals surface area contributed by atoms with E-state index in [1.165, 1.54) is 0 Å². The fourth-order valence-corrected chi connectivity index (χ4v) is 1.31. The van der Waals surface area contributed by atoms with Crippen molar-refractivity contribution in [3.63, 3.8) is 0 Å². The van der Waals surface area contributed by atoms with Crippen LogP contribution < -0.4 is 5.32 Å². The van der Waals surface area contributed by atoms with Gasteiger partial charge in [0.15, 0.2) is 0 Å². The molecule has 1 aliphatic heterocycles. The number of rotatable bonds is 1. The highest BCUT2D eigenvalue weighted by atomic mass is 16.5. The first-order valence-corrected chi connectivity index (χ1v) is 4.49. The zero-order valence-electron chi connectivity index (χ0n) is 7.92. The Hall–Kier alpha value is -0.0800. The number of nitrogens with one attached hydrogen (secondary N) is 1. The van der Waals surface area contributed by atoms with Gasteiger partial charge >= 0.3 is 0 Å². The summed E-state index contributed by atoms with van der Waals surface area (Å²) in [4.78, 5) is 0. The van der Waals surface area contributed by atoms with Gasteiger partial charge in [0.25, 0.3) is 0 Å². The normalized spacial score (nSPS) is 39.5. The predicted octanol–water partition coefficient (Wildman–Crippen LogP) is 1.41. The number of hydrogen-bond donors (Lipinski definition) is 1. The van der Waals surface area contributed by atoms with E-state index in [0.717, 1.165) is 6.61 Å². The van der Waals surface area contributed by atoms with Crippen molar-refractivity contribution in [2.45, 2.75) is 45.9 Å². The van der Waals surface area contributed by atoms with E-state index >= 15 is 0 Å². The van der Waals surface area contributed by atoms with Gasteiger partial charge in [-0.05, 0) is 19.8 Å². The Morgan fingerprint density at radius 3 is 2.45 bits per heavy atom. The van der Waals surface area contributed by atoms with Gasteiger partial charge in [-0.15, -0.1) is 0 Å². The molecule has 1 saturated heterocycles. The van der Waals surface area contributed by atoms with E-state index in [1.807, 2.05) is 0 Å². The lowest BCUT2D eigenvalue weighted by atomic mass is 10.0. The first-order chi connectivity index (χ1) is 5.11. The molecule has 11 heavy (non-hydrogen) atoms. The minimum Gasteiger partial charge on any atom is -0.375 e. The molecule has 1 N–H and O–H groups in total. The molecular formula is C9H19NO. The van der Waals surface area contributed by atoms with Crippen LogP contribution in [0.4, 0.5) is 0 Å². The maximum atomic E-state index is 5.60. The summed E-state index contributed by atoms with van der Waals surface area (Å²) in [5.41, 5.74) is 0. The van der Waals surface area contributed by atoms with E-state index in [4.69, 9.17) is 4.74 Å². The Balaban J connectivity index is 2.40. The van der Waals surface area contributed by atoms with E-state index in [9.17, 15) is 0 Å². The van der Waals surface area contributed by atoms with Crippen molar-refractivity contribution in [3.8, 4) is 0 Å². The molecule has 0 amide bonds. The van der Waals surface area contributed by atoms with E-state index < -0.39 is 0 Å². The fourth-order valence-electron chi connectivity index (χ4n) is 1.31. The Morgan fingerprint density at radius 1 is 1.36 bits per heavy atom. The minimum atomic E-state index is 0.366. The summed E-state index contributed by atoms with van der Waals surface area (Å²) in [5, 5.41) is 3.54. The number of morpholine rings is 1. The first-order valence-electron chi connectivity index (χ1n) is 4.49. The standard InChI is InChI=1S/C9H19NO/c1-6(2)9-5-11-8(4)7(3)10-9/h6-10H,5H2,1-4H3. The van der Waals surface area contributed by atoms with Crippen molar-refractivity contribution < 1.29 is 4.74 Å². The Morgan fingerprint density at radius 2 is 2.00 bits per heavy atom. The molecule has 1 fully saturated rings.